The highest BCUT2D eigenvalue weighted by molar-refractivity contribution is 8.13. The lowest BCUT2D eigenvalue weighted by molar-refractivity contribution is -0.109. The lowest BCUT2D eigenvalue weighted by atomic mass is 10.1. The summed E-state index contributed by atoms with van der Waals surface area (Å²) in [5, 5.41) is 0.673. The number of benzene rings is 1. The summed E-state index contributed by atoms with van der Waals surface area (Å²) in [7, 11) is 0. The van der Waals surface area contributed by atoms with Gasteiger partial charge in [-0.3, -0.25) is 9.59 Å². The van der Waals surface area contributed by atoms with Gasteiger partial charge in [-0.15, -0.1) is 0 Å². The molecule has 0 aromatic heterocycles. The highest BCUT2D eigenvalue weighted by atomic mass is 35.5. The first-order valence-corrected chi connectivity index (χ1v) is 6.04. The average Bonchev–Trinajstić information content (AvgIpc) is 2.26. The molecule has 1 aromatic rings. The molecule has 0 saturated heterocycles. The molecule has 0 bridgehead atoms. The summed E-state index contributed by atoms with van der Waals surface area (Å²) in [5.41, 5.74) is 1.37. The third-order valence-electron chi connectivity index (χ3n) is 1.84. The first-order chi connectivity index (χ1) is 7.63. The molecule has 0 aliphatic heterocycles. The molecule has 1 aromatic carbocycles. The van der Waals surface area contributed by atoms with E-state index in [-0.39, 0.29) is 5.12 Å². The summed E-state index contributed by atoms with van der Waals surface area (Å²) in [5.74, 6) is 0.608. The van der Waals surface area contributed by atoms with Crippen molar-refractivity contribution in [1.29, 1.82) is 0 Å². The van der Waals surface area contributed by atoms with Crippen molar-refractivity contribution < 1.29 is 9.59 Å². The fourth-order valence-corrected chi connectivity index (χ4v) is 1.71. The number of carbonyl (C=O) groups is 2. The van der Waals surface area contributed by atoms with Crippen LogP contribution < -0.4 is 0 Å². The SMILES string of the molecule is CC(=O)SCC=Cc1cc(C=O)ccc1Cl. The molecule has 0 aliphatic carbocycles. The summed E-state index contributed by atoms with van der Waals surface area (Å²) in [6.45, 7) is 1.53. The molecule has 0 N–H and O–H groups in total. The van der Waals surface area contributed by atoms with Gasteiger partial charge in [0.2, 0.25) is 0 Å². The van der Waals surface area contributed by atoms with Gasteiger partial charge in [0.15, 0.2) is 5.12 Å². The maximum absolute atomic E-state index is 10.7. The topological polar surface area (TPSA) is 34.1 Å². The number of halogens is 1. The van der Waals surface area contributed by atoms with Gasteiger partial charge in [-0.05, 0) is 17.7 Å². The van der Waals surface area contributed by atoms with E-state index in [1.54, 1.807) is 18.2 Å². The Bertz CT molecular complexity index is 427. The zero-order chi connectivity index (χ0) is 12.0. The largest absolute Gasteiger partial charge is 0.298 e. The van der Waals surface area contributed by atoms with Gasteiger partial charge < -0.3 is 0 Å². The average molecular weight is 255 g/mol. The monoisotopic (exact) mass is 254 g/mol. The number of rotatable bonds is 4. The number of thioether (sulfide) groups is 1. The van der Waals surface area contributed by atoms with E-state index in [1.165, 1.54) is 18.7 Å². The van der Waals surface area contributed by atoms with Gasteiger partial charge in [-0.25, -0.2) is 0 Å². The van der Waals surface area contributed by atoms with Crippen molar-refractivity contribution in [3.05, 3.63) is 40.4 Å². The van der Waals surface area contributed by atoms with Crippen LogP contribution in [0.3, 0.4) is 0 Å². The fourth-order valence-electron chi connectivity index (χ4n) is 1.10. The molecule has 0 radical (unpaired) electrons. The van der Waals surface area contributed by atoms with Crippen LogP contribution in [0, 0.1) is 0 Å². The number of hydrogen-bond acceptors (Lipinski definition) is 3. The van der Waals surface area contributed by atoms with Gasteiger partial charge in [0.25, 0.3) is 0 Å². The normalized spacial score (nSPS) is 10.6. The van der Waals surface area contributed by atoms with Crippen molar-refractivity contribution in [1.82, 2.24) is 0 Å². The smallest absolute Gasteiger partial charge is 0.186 e. The van der Waals surface area contributed by atoms with Crippen LogP contribution in [-0.4, -0.2) is 17.2 Å². The Labute approximate surface area is 104 Å². The Kier molecular flexibility index (Phi) is 5.29. The van der Waals surface area contributed by atoms with E-state index in [0.717, 1.165) is 11.8 Å². The first-order valence-electron chi connectivity index (χ1n) is 4.68. The number of aldehydes is 1. The summed E-state index contributed by atoms with van der Waals surface area (Å²) in [6, 6.07) is 5.06. The highest BCUT2D eigenvalue weighted by Crippen LogP contribution is 2.18. The van der Waals surface area contributed by atoms with Crippen LogP contribution in [0.1, 0.15) is 22.8 Å². The molecular weight excluding hydrogens is 244 g/mol. The molecule has 0 amide bonds. The van der Waals surface area contributed by atoms with E-state index in [1.807, 2.05) is 12.2 Å². The zero-order valence-corrected chi connectivity index (χ0v) is 10.3. The number of carbonyl (C=O) groups excluding carboxylic acids is 2. The maximum atomic E-state index is 10.7. The van der Waals surface area contributed by atoms with E-state index in [2.05, 4.69) is 0 Å². The Hall–Kier alpha value is -1.06. The molecule has 84 valence electrons. The van der Waals surface area contributed by atoms with Gasteiger partial charge >= 0.3 is 0 Å². The zero-order valence-electron chi connectivity index (χ0n) is 8.77. The first kappa shape index (κ1) is 13.0. The summed E-state index contributed by atoms with van der Waals surface area (Å²) < 4.78 is 0. The maximum Gasteiger partial charge on any atom is 0.186 e. The molecule has 0 heterocycles. The second-order valence-electron chi connectivity index (χ2n) is 3.10. The lowest BCUT2D eigenvalue weighted by Gasteiger charge is -1.98. The predicted octanol–water partition coefficient (Wildman–Crippen LogP) is 3.45. The lowest BCUT2D eigenvalue weighted by Crippen LogP contribution is -1.84. The molecule has 16 heavy (non-hydrogen) atoms. The van der Waals surface area contributed by atoms with Crippen molar-refractivity contribution in [3.63, 3.8) is 0 Å². The number of hydrogen-bond donors (Lipinski definition) is 0. The minimum Gasteiger partial charge on any atom is -0.298 e. The molecule has 4 heteroatoms. The minimum atomic E-state index is 0.0809. The standard InChI is InChI=1S/C12H11ClO2S/c1-9(15)16-6-2-3-11-7-10(8-14)4-5-12(11)13/h2-5,7-8H,6H2,1H3. The predicted molar refractivity (Wildman–Crippen MR) is 69.0 cm³/mol. The van der Waals surface area contributed by atoms with Crippen LogP contribution in [0.15, 0.2) is 24.3 Å². The quantitative estimate of drug-likeness (QED) is 0.772. The fraction of sp³-hybridized carbons (Fsp3) is 0.167. The third kappa shape index (κ3) is 4.21. The van der Waals surface area contributed by atoms with E-state index in [9.17, 15) is 9.59 Å². The van der Waals surface area contributed by atoms with Crippen LogP contribution in [0.25, 0.3) is 6.08 Å². The molecule has 0 fully saturated rings. The Morgan fingerprint density at radius 2 is 2.25 bits per heavy atom. The van der Waals surface area contributed by atoms with Crippen LogP contribution in [0.2, 0.25) is 5.02 Å². The molecule has 1 rings (SSSR count). The van der Waals surface area contributed by atoms with Crippen molar-refractivity contribution in [2.45, 2.75) is 6.92 Å². The molecule has 2 nitrogen and oxygen atoms in total. The molecular formula is C12H11ClO2S. The van der Waals surface area contributed by atoms with Crippen molar-refractivity contribution >= 4 is 40.8 Å². The molecule has 0 unspecified atom stereocenters. The Morgan fingerprint density at radius 1 is 1.50 bits per heavy atom. The van der Waals surface area contributed by atoms with E-state index in [4.69, 9.17) is 11.6 Å². The molecule has 0 aliphatic rings. The van der Waals surface area contributed by atoms with Gasteiger partial charge in [0, 0.05) is 23.3 Å². The van der Waals surface area contributed by atoms with Crippen LogP contribution in [-0.2, 0) is 4.79 Å². The van der Waals surface area contributed by atoms with E-state index < -0.39 is 0 Å². The van der Waals surface area contributed by atoms with Gasteiger partial charge in [0.05, 0.1) is 0 Å². The molecule has 0 atom stereocenters. The Balaban J connectivity index is 2.71. The highest BCUT2D eigenvalue weighted by Gasteiger charge is 1.98. The van der Waals surface area contributed by atoms with Crippen LogP contribution in [0.4, 0.5) is 0 Å². The van der Waals surface area contributed by atoms with Crippen LogP contribution in [0.5, 0.6) is 0 Å². The van der Waals surface area contributed by atoms with Crippen molar-refractivity contribution in [2.75, 3.05) is 5.75 Å². The summed E-state index contributed by atoms with van der Waals surface area (Å²) in [6.07, 6.45) is 4.44. The van der Waals surface area contributed by atoms with Crippen molar-refractivity contribution in [2.24, 2.45) is 0 Å². The van der Waals surface area contributed by atoms with E-state index in [0.29, 0.717) is 16.3 Å². The van der Waals surface area contributed by atoms with E-state index >= 15 is 0 Å². The third-order valence-corrected chi connectivity index (χ3v) is 2.95. The van der Waals surface area contributed by atoms with Gasteiger partial charge in [0.1, 0.15) is 6.29 Å². The van der Waals surface area contributed by atoms with Gasteiger partial charge in [-0.2, -0.15) is 0 Å². The van der Waals surface area contributed by atoms with Crippen LogP contribution >= 0.6 is 23.4 Å². The Morgan fingerprint density at radius 3 is 2.88 bits per heavy atom. The minimum absolute atomic E-state index is 0.0809. The molecule has 0 saturated carbocycles. The van der Waals surface area contributed by atoms with Gasteiger partial charge in [-0.1, -0.05) is 41.6 Å². The second-order valence-corrected chi connectivity index (χ2v) is 4.71. The molecule has 0 spiro atoms. The summed E-state index contributed by atoms with van der Waals surface area (Å²) in [4.78, 5) is 21.3. The van der Waals surface area contributed by atoms with Crippen molar-refractivity contribution in [3.8, 4) is 0 Å². The second kappa shape index (κ2) is 6.51. The summed E-state index contributed by atoms with van der Waals surface area (Å²) >= 11 is 7.18.